The van der Waals surface area contributed by atoms with Crippen LogP contribution in [0, 0.1) is 0 Å². The molecule has 0 aromatic carbocycles. The molecular formula is C11H21NS. The highest BCUT2D eigenvalue weighted by atomic mass is 32.2. The number of rotatable bonds is 0. The average molecular weight is 199 g/mol. The van der Waals surface area contributed by atoms with Crippen LogP contribution in [0.3, 0.4) is 0 Å². The lowest BCUT2D eigenvalue weighted by molar-refractivity contribution is 0.389. The highest BCUT2D eigenvalue weighted by molar-refractivity contribution is 8.00. The summed E-state index contributed by atoms with van der Waals surface area (Å²) in [6.45, 7) is 3.58. The van der Waals surface area contributed by atoms with Gasteiger partial charge in [-0.15, -0.1) is 0 Å². The van der Waals surface area contributed by atoms with Crippen LogP contribution in [0.5, 0.6) is 0 Å². The summed E-state index contributed by atoms with van der Waals surface area (Å²) in [7, 11) is 0. The Hall–Kier alpha value is 0.310. The zero-order valence-corrected chi connectivity index (χ0v) is 9.41. The summed E-state index contributed by atoms with van der Waals surface area (Å²) in [6, 6.07) is 0.835. The van der Waals surface area contributed by atoms with Crippen LogP contribution in [0.25, 0.3) is 0 Å². The fraction of sp³-hybridized carbons (Fsp3) is 1.00. The molecule has 2 heteroatoms. The van der Waals surface area contributed by atoms with Gasteiger partial charge in [0.15, 0.2) is 0 Å². The third-order valence-corrected chi connectivity index (χ3v) is 4.82. The minimum atomic E-state index is 0.834. The van der Waals surface area contributed by atoms with E-state index in [2.05, 4.69) is 24.0 Å². The Bertz CT molecular complexity index is 158. The Labute approximate surface area is 86.0 Å². The largest absolute Gasteiger partial charge is 0.312 e. The first kappa shape index (κ1) is 9.85. The summed E-state index contributed by atoms with van der Waals surface area (Å²) in [5.41, 5.74) is 0. The molecule has 0 aromatic heterocycles. The zero-order valence-electron chi connectivity index (χ0n) is 8.59. The molecule has 0 bridgehead atoms. The van der Waals surface area contributed by atoms with Gasteiger partial charge in [0.05, 0.1) is 0 Å². The van der Waals surface area contributed by atoms with Crippen LogP contribution in [0.1, 0.15) is 45.4 Å². The fourth-order valence-corrected chi connectivity index (χ4v) is 4.02. The molecule has 1 N–H and O–H groups in total. The third kappa shape index (κ3) is 2.63. The molecular weight excluding hydrogens is 178 g/mol. The first-order valence-electron chi connectivity index (χ1n) is 5.75. The minimum absolute atomic E-state index is 0.834. The number of fused-ring (bicyclic) bond motifs is 1. The molecule has 1 nitrogen and oxygen atoms in total. The highest BCUT2D eigenvalue weighted by Gasteiger charge is 2.28. The van der Waals surface area contributed by atoms with E-state index < -0.39 is 0 Å². The van der Waals surface area contributed by atoms with Gasteiger partial charge in [-0.2, -0.15) is 11.8 Å². The summed E-state index contributed by atoms with van der Waals surface area (Å²) < 4.78 is 0. The minimum Gasteiger partial charge on any atom is -0.312 e. The lowest BCUT2D eigenvalue weighted by Gasteiger charge is -2.37. The molecule has 3 unspecified atom stereocenters. The normalized spacial score (nSPS) is 41.8. The number of hydrogen-bond donors (Lipinski definition) is 1. The van der Waals surface area contributed by atoms with Crippen molar-refractivity contribution in [3.8, 4) is 0 Å². The summed E-state index contributed by atoms with van der Waals surface area (Å²) in [5, 5.41) is 5.47. The molecule has 76 valence electrons. The van der Waals surface area contributed by atoms with Gasteiger partial charge in [-0.3, -0.25) is 0 Å². The van der Waals surface area contributed by atoms with Crippen molar-refractivity contribution in [1.29, 1.82) is 0 Å². The van der Waals surface area contributed by atoms with Crippen LogP contribution in [0.2, 0.25) is 0 Å². The molecule has 0 spiro atoms. The first-order chi connectivity index (χ1) is 6.36. The van der Waals surface area contributed by atoms with E-state index in [-0.39, 0.29) is 0 Å². The highest BCUT2D eigenvalue weighted by Crippen LogP contribution is 2.32. The Morgan fingerprint density at radius 3 is 2.69 bits per heavy atom. The van der Waals surface area contributed by atoms with E-state index in [9.17, 15) is 0 Å². The third-order valence-electron chi connectivity index (χ3n) is 3.28. The van der Waals surface area contributed by atoms with Gasteiger partial charge in [-0.1, -0.05) is 32.6 Å². The first-order valence-corrected chi connectivity index (χ1v) is 6.69. The van der Waals surface area contributed by atoms with Crippen LogP contribution < -0.4 is 5.32 Å². The summed E-state index contributed by atoms with van der Waals surface area (Å²) in [5.74, 6) is 0. The molecule has 1 aliphatic heterocycles. The number of hydrogen-bond acceptors (Lipinski definition) is 2. The molecule has 2 rings (SSSR count). The zero-order chi connectivity index (χ0) is 9.10. The molecule has 1 saturated carbocycles. The number of nitrogens with one attached hydrogen (secondary N) is 1. The summed E-state index contributed by atoms with van der Waals surface area (Å²) >= 11 is 2.23. The smallest absolute Gasteiger partial charge is 0.0204 e. The van der Waals surface area contributed by atoms with Crippen LogP contribution in [-0.4, -0.2) is 23.1 Å². The van der Waals surface area contributed by atoms with Gasteiger partial charge in [-0.05, 0) is 12.8 Å². The van der Waals surface area contributed by atoms with E-state index in [1.807, 2.05) is 0 Å². The molecule has 0 radical (unpaired) electrons. The van der Waals surface area contributed by atoms with Gasteiger partial charge in [0.1, 0.15) is 0 Å². The summed E-state index contributed by atoms with van der Waals surface area (Å²) in [6.07, 6.45) is 8.71. The Morgan fingerprint density at radius 1 is 1.08 bits per heavy atom. The van der Waals surface area contributed by atoms with E-state index in [4.69, 9.17) is 0 Å². The van der Waals surface area contributed by atoms with Crippen molar-refractivity contribution in [2.24, 2.45) is 0 Å². The quantitative estimate of drug-likeness (QED) is 0.644. The van der Waals surface area contributed by atoms with Crippen LogP contribution >= 0.6 is 11.8 Å². The lowest BCUT2D eigenvalue weighted by Crippen LogP contribution is -2.47. The van der Waals surface area contributed by atoms with E-state index in [1.165, 1.54) is 45.1 Å². The van der Waals surface area contributed by atoms with Crippen molar-refractivity contribution in [3.05, 3.63) is 0 Å². The van der Waals surface area contributed by atoms with Gasteiger partial charge in [-0.25, -0.2) is 0 Å². The maximum atomic E-state index is 3.72. The van der Waals surface area contributed by atoms with Crippen molar-refractivity contribution in [2.75, 3.05) is 6.54 Å². The Kier molecular flexibility index (Phi) is 3.56. The van der Waals surface area contributed by atoms with Crippen LogP contribution in [-0.2, 0) is 0 Å². The van der Waals surface area contributed by atoms with Gasteiger partial charge in [0.2, 0.25) is 0 Å². The second kappa shape index (κ2) is 4.70. The molecule has 1 saturated heterocycles. The van der Waals surface area contributed by atoms with E-state index in [0.29, 0.717) is 0 Å². The van der Waals surface area contributed by atoms with Gasteiger partial charge in [0.25, 0.3) is 0 Å². The van der Waals surface area contributed by atoms with E-state index in [0.717, 1.165) is 16.5 Å². The molecule has 1 aliphatic carbocycles. The molecule has 2 fully saturated rings. The number of thioether (sulfide) groups is 1. The predicted octanol–water partition coefficient (Wildman–Crippen LogP) is 2.80. The van der Waals surface area contributed by atoms with Crippen molar-refractivity contribution >= 4 is 11.8 Å². The SMILES string of the molecule is CC1CNC2CCCCCCC2S1. The second-order valence-corrected chi connectivity index (χ2v) is 6.17. The molecule has 1 heterocycles. The fourth-order valence-electron chi connectivity index (χ4n) is 2.51. The summed E-state index contributed by atoms with van der Waals surface area (Å²) in [4.78, 5) is 0. The monoisotopic (exact) mass is 199 g/mol. The lowest BCUT2D eigenvalue weighted by atomic mass is 9.96. The second-order valence-electron chi connectivity index (χ2n) is 4.49. The van der Waals surface area contributed by atoms with Gasteiger partial charge < -0.3 is 5.32 Å². The maximum absolute atomic E-state index is 3.72. The van der Waals surface area contributed by atoms with E-state index in [1.54, 1.807) is 0 Å². The van der Waals surface area contributed by atoms with Crippen molar-refractivity contribution in [3.63, 3.8) is 0 Å². The van der Waals surface area contributed by atoms with Gasteiger partial charge >= 0.3 is 0 Å². The molecule has 2 aliphatic rings. The molecule has 3 atom stereocenters. The molecule has 0 amide bonds. The van der Waals surface area contributed by atoms with Gasteiger partial charge in [0, 0.05) is 23.1 Å². The Balaban J connectivity index is 1.91. The standard InChI is InChI=1S/C11H21NS/c1-9-8-12-10-6-4-2-3-5-7-11(10)13-9/h9-12H,2-8H2,1H3. The average Bonchev–Trinajstić information content (AvgIpc) is 2.08. The molecule has 0 aromatic rings. The van der Waals surface area contributed by atoms with Crippen molar-refractivity contribution < 1.29 is 0 Å². The molecule has 13 heavy (non-hydrogen) atoms. The van der Waals surface area contributed by atoms with Crippen LogP contribution in [0.4, 0.5) is 0 Å². The topological polar surface area (TPSA) is 12.0 Å². The van der Waals surface area contributed by atoms with Crippen LogP contribution in [0.15, 0.2) is 0 Å². The Morgan fingerprint density at radius 2 is 1.85 bits per heavy atom. The van der Waals surface area contributed by atoms with Crippen molar-refractivity contribution in [1.82, 2.24) is 5.32 Å². The van der Waals surface area contributed by atoms with Crippen molar-refractivity contribution in [2.45, 2.75) is 62.0 Å². The van der Waals surface area contributed by atoms with E-state index >= 15 is 0 Å². The maximum Gasteiger partial charge on any atom is 0.0204 e. The predicted molar refractivity (Wildman–Crippen MR) is 60.3 cm³/mol.